The number of ether oxygens (including phenoxy) is 1. The van der Waals surface area contributed by atoms with Crippen LogP contribution in [0.15, 0.2) is 0 Å². The Morgan fingerprint density at radius 3 is 2.53 bits per heavy atom. The van der Waals surface area contributed by atoms with Gasteiger partial charge in [-0.3, -0.25) is 10.1 Å². The van der Waals surface area contributed by atoms with Crippen LogP contribution in [0, 0.1) is 0 Å². The molecule has 7 heteroatoms. The first-order chi connectivity index (χ1) is 8.71. The van der Waals surface area contributed by atoms with Gasteiger partial charge in [-0.2, -0.15) is 0 Å². The Bertz CT molecular complexity index is 477. The monoisotopic (exact) mass is 286 g/mol. The van der Waals surface area contributed by atoms with Crippen LogP contribution < -0.4 is 5.32 Å². The third kappa shape index (κ3) is 5.25. The highest BCUT2D eigenvalue weighted by atomic mass is 32.1. The van der Waals surface area contributed by atoms with Crippen LogP contribution in [-0.4, -0.2) is 27.8 Å². The summed E-state index contributed by atoms with van der Waals surface area (Å²) in [5, 5.41) is 11.7. The molecule has 0 spiro atoms. The van der Waals surface area contributed by atoms with E-state index in [-0.39, 0.29) is 6.42 Å². The third-order valence-corrected chi connectivity index (χ3v) is 3.18. The van der Waals surface area contributed by atoms with Crippen LogP contribution in [0.5, 0.6) is 0 Å². The van der Waals surface area contributed by atoms with Crippen molar-refractivity contribution in [3.05, 3.63) is 10.6 Å². The fourth-order valence-electron chi connectivity index (χ4n) is 1.39. The van der Waals surface area contributed by atoms with Gasteiger partial charge in [-0.15, -0.1) is 11.3 Å². The molecule has 0 aromatic carbocycles. The van der Waals surface area contributed by atoms with E-state index in [1.165, 1.54) is 11.3 Å². The number of nitrogens with zero attached hydrogens (tertiary/aromatic N) is 1. The second-order valence-electron chi connectivity index (χ2n) is 4.94. The van der Waals surface area contributed by atoms with Gasteiger partial charge in [0, 0.05) is 4.88 Å². The molecule has 19 heavy (non-hydrogen) atoms. The van der Waals surface area contributed by atoms with Crippen molar-refractivity contribution in [2.24, 2.45) is 0 Å². The van der Waals surface area contributed by atoms with E-state index in [1.807, 2.05) is 6.92 Å². The molecule has 0 fully saturated rings. The molecule has 0 saturated carbocycles. The maximum atomic E-state index is 11.6. The van der Waals surface area contributed by atoms with E-state index in [1.54, 1.807) is 20.8 Å². The predicted octanol–water partition coefficient (Wildman–Crippen LogP) is 2.68. The van der Waals surface area contributed by atoms with Crippen molar-refractivity contribution in [3.63, 3.8) is 0 Å². The summed E-state index contributed by atoms with van der Waals surface area (Å²) in [6, 6.07) is 0. The lowest BCUT2D eigenvalue weighted by molar-refractivity contribution is -0.136. The van der Waals surface area contributed by atoms with Crippen molar-refractivity contribution < 1.29 is 19.4 Å². The molecule has 1 aromatic rings. The summed E-state index contributed by atoms with van der Waals surface area (Å²) >= 11 is 1.27. The van der Waals surface area contributed by atoms with Gasteiger partial charge in [0.1, 0.15) is 5.60 Å². The number of carbonyl (C=O) groups is 2. The maximum Gasteiger partial charge on any atom is 0.413 e. The zero-order valence-corrected chi connectivity index (χ0v) is 12.3. The maximum absolute atomic E-state index is 11.6. The van der Waals surface area contributed by atoms with E-state index in [9.17, 15) is 9.59 Å². The van der Waals surface area contributed by atoms with Crippen LogP contribution >= 0.6 is 11.3 Å². The summed E-state index contributed by atoms with van der Waals surface area (Å²) in [4.78, 5) is 27.3. The first-order valence-electron chi connectivity index (χ1n) is 5.91. The summed E-state index contributed by atoms with van der Waals surface area (Å²) in [6.45, 7) is 7.21. The summed E-state index contributed by atoms with van der Waals surface area (Å²) in [6.07, 6.45) is -0.0582. The van der Waals surface area contributed by atoms with Crippen molar-refractivity contribution in [1.29, 1.82) is 0 Å². The predicted molar refractivity (Wildman–Crippen MR) is 72.7 cm³/mol. The number of aromatic nitrogens is 1. The highest BCUT2D eigenvalue weighted by Crippen LogP contribution is 2.24. The smallest absolute Gasteiger partial charge is 0.413 e. The molecule has 0 aliphatic heterocycles. The number of carboxylic acids is 1. The van der Waals surface area contributed by atoms with Gasteiger partial charge in [-0.25, -0.2) is 9.78 Å². The number of carbonyl (C=O) groups excluding carboxylic acids is 1. The average molecular weight is 286 g/mol. The van der Waals surface area contributed by atoms with Crippen molar-refractivity contribution in [2.75, 3.05) is 5.32 Å². The minimum Gasteiger partial charge on any atom is -0.481 e. The number of nitrogens with one attached hydrogen (secondary N) is 1. The molecule has 106 valence electrons. The fraction of sp³-hybridized carbons (Fsp3) is 0.583. The number of anilines is 1. The molecule has 0 aliphatic carbocycles. The lowest BCUT2D eigenvalue weighted by Gasteiger charge is -2.18. The molecule has 0 unspecified atom stereocenters. The lowest BCUT2D eigenvalue weighted by Crippen LogP contribution is -2.27. The Kier molecular flexibility index (Phi) is 4.88. The first kappa shape index (κ1) is 15.4. The minimum atomic E-state index is -0.941. The van der Waals surface area contributed by atoms with Gasteiger partial charge in [0.05, 0.1) is 12.1 Å². The van der Waals surface area contributed by atoms with Crippen LogP contribution in [-0.2, 0) is 22.4 Å². The number of aliphatic carboxylic acids is 1. The molecule has 2 N–H and O–H groups in total. The quantitative estimate of drug-likeness (QED) is 0.888. The minimum absolute atomic E-state index is 0.143. The SMILES string of the molecule is CCc1sc(NC(=O)OC(C)(C)C)nc1CC(=O)O. The van der Waals surface area contributed by atoms with Gasteiger partial charge in [-0.1, -0.05) is 6.92 Å². The van der Waals surface area contributed by atoms with Gasteiger partial charge in [0.25, 0.3) is 0 Å². The van der Waals surface area contributed by atoms with E-state index in [0.717, 1.165) is 4.88 Å². The summed E-state index contributed by atoms with van der Waals surface area (Å²) in [5.41, 5.74) is -0.0928. The molecule has 1 aromatic heterocycles. The number of hydrogen-bond donors (Lipinski definition) is 2. The Balaban J connectivity index is 2.77. The Hall–Kier alpha value is -1.63. The van der Waals surface area contributed by atoms with Gasteiger partial charge in [0.15, 0.2) is 5.13 Å². The third-order valence-electron chi connectivity index (χ3n) is 2.03. The molecule has 0 atom stereocenters. The van der Waals surface area contributed by atoms with Gasteiger partial charge >= 0.3 is 12.1 Å². The molecule has 1 amide bonds. The van der Waals surface area contributed by atoms with Crippen LogP contribution in [0.25, 0.3) is 0 Å². The van der Waals surface area contributed by atoms with Gasteiger partial charge in [0.2, 0.25) is 0 Å². The second kappa shape index (κ2) is 6.01. The van der Waals surface area contributed by atoms with Crippen molar-refractivity contribution >= 4 is 28.5 Å². The number of amides is 1. The van der Waals surface area contributed by atoms with Crippen molar-refractivity contribution in [1.82, 2.24) is 4.98 Å². The van der Waals surface area contributed by atoms with Gasteiger partial charge < -0.3 is 9.84 Å². The molecule has 0 saturated heterocycles. The highest BCUT2D eigenvalue weighted by Gasteiger charge is 2.19. The van der Waals surface area contributed by atoms with Crippen LogP contribution in [0.1, 0.15) is 38.3 Å². The average Bonchev–Trinajstić information content (AvgIpc) is 2.55. The highest BCUT2D eigenvalue weighted by molar-refractivity contribution is 7.15. The number of carboxylic acid groups (broad SMARTS) is 1. The zero-order chi connectivity index (χ0) is 14.6. The van der Waals surface area contributed by atoms with E-state index < -0.39 is 17.7 Å². The van der Waals surface area contributed by atoms with E-state index >= 15 is 0 Å². The number of hydrogen-bond acceptors (Lipinski definition) is 5. The largest absolute Gasteiger partial charge is 0.481 e. The molecule has 0 aliphatic rings. The number of aryl methyl sites for hydroxylation is 1. The molecular weight excluding hydrogens is 268 g/mol. The van der Waals surface area contributed by atoms with Crippen LogP contribution in [0.3, 0.4) is 0 Å². The topological polar surface area (TPSA) is 88.5 Å². The standard InChI is InChI=1S/C12H18N2O4S/c1-5-8-7(6-9(15)16)13-10(19-8)14-11(17)18-12(2,3)4/h5-6H2,1-4H3,(H,15,16)(H,13,14,17). The van der Waals surface area contributed by atoms with Crippen molar-refractivity contribution in [3.8, 4) is 0 Å². The van der Waals surface area contributed by atoms with Crippen molar-refractivity contribution in [2.45, 2.75) is 46.1 Å². The van der Waals surface area contributed by atoms with E-state index in [2.05, 4.69) is 10.3 Å². The molecule has 1 rings (SSSR count). The molecule has 6 nitrogen and oxygen atoms in total. The summed E-state index contributed by atoms with van der Waals surface area (Å²) < 4.78 is 5.11. The molecule has 0 radical (unpaired) electrons. The summed E-state index contributed by atoms with van der Waals surface area (Å²) in [7, 11) is 0. The van der Waals surface area contributed by atoms with Gasteiger partial charge in [-0.05, 0) is 27.2 Å². The Morgan fingerprint density at radius 2 is 2.05 bits per heavy atom. The molecule has 0 bridgehead atoms. The van der Waals surface area contributed by atoms with Crippen LogP contribution in [0.4, 0.5) is 9.93 Å². The molecular formula is C12H18N2O4S. The zero-order valence-electron chi connectivity index (χ0n) is 11.4. The number of rotatable bonds is 4. The summed E-state index contributed by atoms with van der Waals surface area (Å²) in [5.74, 6) is -0.941. The van der Waals surface area contributed by atoms with E-state index in [0.29, 0.717) is 17.2 Å². The lowest BCUT2D eigenvalue weighted by atomic mass is 10.2. The molecule has 1 heterocycles. The Labute approximate surface area is 115 Å². The van der Waals surface area contributed by atoms with Crippen LogP contribution in [0.2, 0.25) is 0 Å². The fourth-order valence-corrected chi connectivity index (χ4v) is 2.29. The second-order valence-corrected chi connectivity index (χ2v) is 6.02. The number of thiazole rings is 1. The first-order valence-corrected chi connectivity index (χ1v) is 6.73. The normalized spacial score (nSPS) is 11.2. The van der Waals surface area contributed by atoms with E-state index in [4.69, 9.17) is 9.84 Å². The Morgan fingerprint density at radius 1 is 1.42 bits per heavy atom.